The molecule has 6 heteroatoms. The Balaban J connectivity index is 1.55. The zero-order chi connectivity index (χ0) is 16.9. The number of amides is 1. The Bertz CT molecular complexity index is 744. The molecule has 1 saturated heterocycles. The van der Waals surface area contributed by atoms with Crippen LogP contribution in [0.1, 0.15) is 34.5 Å². The highest BCUT2D eigenvalue weighted by atomic mass is 16.2. The van der Waals surface area contributed by atoms with E-state index in [1.165, 1.54) is 5.56 Å². The van der Waals surface area contributed by atoms with Gasteiger partial charge in [-0.3, -0.25) is 14.4 Å². The third-order valence-corrected chi connectivity index (χ3v) is 4.28. The molecule has 6 nitrogen and oxygen atoms in total. The minimum atomic E-state index is -0.110. The minimum absolute atomic E-state index is 0.110. The normalized spacial score (nSPS) is 18.1. The van der Waals surface area contributed by atoms with Gasteiger partial charge in [-0.05, 0) is 43.1 Å². The van der Waals surface area contributed by atoms with Gasteiger partial charge in [-0.25, -0.2) is 0 Å². The number of benzene rings is 1. The third-order valence-electron chi connectivity index (χ3n) is 4.28. The summed E-state index contributed by atoms with van der Waals surface area (Å²) >= 11 is 0. The highest BCUT2D eigenvalue weighted by Crippen LogP contribution is 2.15. The van der Waals surface area contributed by atoms with E-state index >= 15 is 0 Å². The Morgan fingerprint density at radius 3 is 2.83 bits per heavy atom. The highest BCUT2D eigenvalue weighted by molar-refractivity contribution is 5.92. The molecule has 24 heavy (non-hydrogen) atoms. The number of rotatable bonds is 4. The van der Waals surface area contributed by atoms with Gasteiger partial charge in [-0.15, -0.1) is 0 Å². The summed E-state index contributed by atoms with van der Waals surface area (Å²) in [5.74, 6) is -0.110. The van der Waals surface area contributed by atoms with Crippen molar-refractivity contribution in [3.63, 3.8) is 0 Å². The molecule has 1 N–H and O–H groups in total. The molecule has 1 atom stereocenters. The van der Waals surface area contributed by atoms with Crippen molar-refractivity contribution >= 4 is 5.91 Å². The van der Waals surface area contributed by atoms with Crippen LogP contribution in [-0.2, 0) is 13.6 Å². The predicted molar refractivity (Wildman–Crippen MR) is 90.1 cm³/mol. The summed E-state index contributed by atoms with van der Waals surface area (Å²) in [7, 11) is 1.80. The van der Waals surface area contributed by atoms with Crippen LogP contribution in [0.3, 0.4) is 0 Å². The van der Waals surface area contributed by atoms with Gasteiger partial charge in [-0.1, -0.05) is 12.1 Å². The number of hydrogen-bond donors (Lipinski definition) is 1. The molecule has 0 aliphatic carbocycles. The van der Waals surface area contributed by atoms with E-state index in [4.69, 9.17) is 5.26 Å². The topological polar surface area (TPSA) is 74.0 Å². The minimum Gasteiger partial charge on any atom is -0.347 e. The fourth-order valence-corrected chi connectivity index (χ4v) is 3.06. The van der Waals surface area contributed by atoms with Crippen molar-refractivity contribution in [1.29, 1.82) is 5.26 Å². The van der Waals surface area contributed by atoms with Crippen molar-refractivity contribution < 1.29 is 4.79 Å². The fourth-order valence-electron chi connectivity index (χ4n) is 3.06. The van der Waals surface area contributed by atoms with Gasteiger partial charge < -0.3 is 5.32 Å². The number of nitrogens with one attached hydrogen (secondary N) is 1. The highest BCUT2D eigenvalue weighted by Gasteiger charge is 2.22. The lowest BCUT2D eigenvalue weighted by molar-refractivity contribution is 0.0895. The van der Waals surface area contributed by atoms with Crippen LogP contribution in [-0.4, -0.2) is 39.7 Å². The molecular weight excluding hydrogens is 302 g/mol. The van der Waals surface area contributed by atoms with E-state index in [2.05, 4.69) is 21.4 Å². The van der Waals surface area contributed by atoms with Crippen LogP contribution in [0.5, 0.6) is 0 Å². The van der Waals surface area contributed by atoms with Crippen LogP contribution in [0.2, 0.25) is 0 Å². The molecule has 1 amide bonds. The van der Waals surface area contributed by atoms with E-state index in [9.17, 15) is 4.79 Å². The SMILES string of the molecule is Cn1ccc(C(=O)NC2CCCN(Cc3ccc(C#N)cc3)C2)n1. The zero-order valence-corrected chi connectivity index (χ0v) is 13.8. The molecule has 3 rings (SSSR count). The molecule has 124 valence electrons. The monoisotopic (exact) mass is 323 g/mol. The summed E-state index contributed by atoms with van der Waals surface area (Å²) in [5.41, 5.74) is 2.32. The van der Waals surface area contributed by atoms with Gasteiger partial charge in [0.15, 0.2) is 0 Å². The molecule has 2 aromatic rings. The van der Waals surface area contributed by atoms with Gasteiger partial charge in [0.1, 0.15) is 5.69 Å². The Labute approximate surface area is 141 Å². The van der Waals surface area contributed by atoms with Crippen LogP contribution in [0.15, 0.2) is 36.5 Å². The smallest absolute Gasteiger partial charge is 0.272 e. The van der Waals surface area contributed by atoms with Gasteiger partial charge in [0.2, 0.25) is 0 Å². The Morgan fingerprint density at radius 2 is 2.17 bits per heavy atom. The predicted octanol–water partition coefficient (Wildman–Crippen LogP) is 1.69. The first-order valence-corrected chi connectivity index (χ1v) is 8.16. The van der Waals surface area contributed by atoms with Crippen molar-refractivity contribution in [2.45, 2.75) is 25.4 Å². The molecule has 2 heterocycles. The largest absolute Gasteiger partial charge is 0.347 e. The van der Waals surface area contributed by atoms with E-state index in [1.54, 1.807) is 24.0 Å². The Kier molecular flexibility index (Phi) is 4.92. The number of carbonyl (C=O) groups excluding carboxylic acids is 1. The van der Waals surface area contributed by atoms with Crippen molar-refractivity contribution in [3.05, 3.63) is 53.3 Å². The third kappa shape index (κ3) is 4.00. The lowest BCUT2D eigenvalue weighted by Crippen LogP contribution is -2.47. The number of likely N-dealkylation sites (tertiary alicyclic amines) is 1. The molecule has 1 aromatic carbocycles. The fraction of sp³-hybridized carbons (Fsp3) is 0.389. The maximum Gasteiger partial charge on any atom is 0.272 e. The molecular formula is C18H21N5O. The molecule has 0 radical (unpaired) electrons. The van der Waals surface area contributed by atoms with Crippen molar-refractivity contribution in [1.82, 2.24) is 20.0 Å². The molecule has 1 unspecified atom stereocenters. The lowest BCUT2D eigenvalue weighted by atomic mass is 10.0. The average molecular weight is 323 g/mol. The van der Waals surface area contributed by atoms with Crippen LogP contribution >= 0.6 is 0 Å². The summed E-state index contributed by atoms with van der Waals surface area (Å²) in [6.07, 6.45) is 3.82. The number of nitriles is 1. The van der Waals surface area contributed by atoms with E-state index < -0.39 is 0 Å². The number of nitrogens with zero attached hydrogens (tertiary/aromatic N) is 4. The Morgan fingerprint density at radius 1 is 1.38 bits per heavy atom. The molecule has 1 aliphatic heterocycles. The van der Waals surface area contributed by atoms with Gasteiger partial charge >= 0.3 is 0 Å². The van der Waals surface area contributed by atoms with Crippen LogP contribution in [0.4, 0.5) is 0 Å². The summed E-state index contributed by atoms with van der Waals surface area (Å²) in [4.78, 5) is 14.6. The maximum atomic E-state index is 12.2. The second-order valence-electron chi connectivity index (χ2n) is 6.23. The Hall–Kier alpha value is -2.65. The van der Waals surface area contributed by atoms with E-state index in [1.807, 2.05) is 24.3 Å². The van der Waals surface area contributed by atoms with E-state index in [0.29, 0.717) is 11.3 Å². The number of piperidine rings is 1. The summed E-state index contributed by atoms with van der Waals surface area (Å²) in [6.45, 7) is 2.69. The van der Waals surface area contributed by atoms with Crippen LogP contribution < -0.4 is 5.32 Å². The standard InChI is InChI=1S/C18H21N5O/c1-22-10-8-17(21-22)18(24)20-16-3-2-9-23(13-16)12-15-6-4-14(11-19)5-7-15/h4-8,10,16H,2-3,9,12-13H2,1H3,(H,20,24). The number of hydrogen-bond acceptors (Lipinski definition) is 4. The average Bonchev–Trinajstić information content (AvgIpc) is 3.02. The van der Waals surface area contributed by atoms with Gasteiger partial charge in [0.05, 0.1) is 11.6 Å². The van der Waals surface area contributed by atoms with Gasteiger partial charge in [0.25, 0.3) is 5.91 Å². The van der Waals surface area contributed by atoms with Crippen molar-refractivity contribution in [3.8, 4) is 6.07 Å². The number of carbonyl (C=O) groups is 1. The van der Waals surface area contributed by atoms with Gasteiger partial charge in [0, 0.05) is 32.4 Å². The second kappa shape index (κ2) is 7.28. The lowest BCUT2D eigenvalue weighted by Gasteiger charge is -2.33. The second-order valence-corrected chi connectivity index (χ2v) is 6.23. The number of aryl methyl sites for hydroxylation is 1. The van der Waals surface area contributed by atoms with Gasteiger partial charge in [-0.2, -0.15) is 10.4 Å². The van der Waals surface area contributed by atoms with Crippen LogP contribution in [0, 0.1) is 11.3 Å². The first kappa shape index (κ1) is 16.2. The quantitative estimate of drug-likeness (QED) is 0.929. The first-order valence-electron chi connectivity index (χ1n) is 8.16. The van der Waals surface area contributed by atoms with E-state index in [0.717, 1.165) is 32.5 Å². The number of aromatic nitrogens is 2. The van der Waals surface area contributed by atoms with Crippen molar-refractivity contribution in [2.75, 3.05) is 13.1 Å². The molecule has 1 aromatic heterocycles. The zero-order valence-electron chi connectivity index (χ0n) is 13.8. The summed E-state index contributed by atoms with van der Waals surface area (Å²) in [5, 5.41) is 16.1. The summed E-state index contributed by atoms with van der Waals surface area (Å²) < 4.78 is 1.63. The van der Waals surface area contributed by atoms with Crippen molar-refractivity contribution in [2.24, 2.45) is 7.05 Å². The molecule has 0 saturated carbocycles. The van der Waals surface area contributed by atoms with Crippen LogP contribution in [0.25, 0.3) is 0 Å². The molecule has 1 aliphatic rings. The molecule has 1 fully saturated rings. The first-order chi connectivity index (χ1) is 11.6. The maximum absolute atomic E-state index is 12.2. The molecule has 0 bridgehead atoms. The molecule has 0 spiro atoms. The van der Waals surface area contributed by atoms with E-state index in [-0.39, 0.29) is 11.9 Å². The summed E-state index contributed by atoms with van der Waals surface area (Å²) in [6, 6.07) is 11.7.